The van der Waals surface area contributed by atoms with E-state index in [4.69, 9.17) is 9.47 Å². The zero-order valence-corrected chi connectivity index (χ0v) is 13.5. The van der Waals surface area contributed by atoms with Crippen LogP contribution in [0, 0.1) is 5.41 Å². The van der Waals surface area contributed by atoms with E-state index in [9.17, 15) is 0 Å². The Kier molecular flexibility index (Phi) is 5.67. The Morgan fingerprint density at radius 2 is 1.60 bits per heavy atom. The molecule has 0 radical (unpaired) electrons. The second-order valence-corrected chi connectivity index (χ2v) is 7.03. The van der Waals surface area contributed by atoms with Crippen LogP contribution in [0.2, 0.25) is 0 Å². The normalized spacial score (nSPS) is 12.1. The summed E-state index contributed by atoms with van der Waals surface area (Å²) in [6.45, 7) is 16.0. The third kappa shape index (κ3) is 5.68. The fraction of sp³-hybridized carbons (Fsp3) is 0.556. The average molecular weight is 276 g/mol. The second-order valence-electron chi connectivity index (χ2n) is 7.03. The molecule has 1 aromatic rings. The van der Waals surface area contributed by atoms with Crippen LogP contribution >= 0.6 is 0 Å². The van der Waals surface area contributed by atoms with E-state index in [-0.39, 0.29) is 5.41 Å². The predicted molar refractivity (Wildman–Crippen MR) is 85.2 cm³/mol. The van der Waals surface area contributed by atoms with Crippen molar-refractivity contribution in [2.24, 2.45) is 5.41 Å². The van der Waals surface area contributed by atoms with Crippen LogP contribution in [0.15, 0.2) is 37.1 Å². The van der Waals surface area contributed by atoms with Crippen molar-refractivity contribution in [1.29, 1.82) is 0 Å². The summed E-state index contributed by atoms with van der Waals surface area (Å²) in [7, 11) is 0. The Hall–Kier alpha value is -1.44. The summed E-state index contributed by atoms with van der Waals surface area (Å²) in [6.07, 6.45) is 2.58. The van der Waals surface area contributed by atoms with Crippen molar-refractivity contribution in [3.05, 3.63) is 42.7 Å². The summed E-state index contributed by atoms with van der Waals surface area (Å²) in [5.74, 6) is 0.882. The molecule has 1 rings (SSSR count). The molecule has 0 fully saturated rings. The monoisotopic (exact) mass is 276 g/mol. The molecule has 0 amide bonds. The average Bonchev–Trinajstić information content (AvgIpc) is 2.32. The van der Waals surface area contributed by atoms with Crippen molar-refractivity contribution < 1.29 is 9.47 Å². The van der Waals surface area contributed by atoms with Crippen LogP contribution in [-0.2, 0) is 10.2 Å². The maximum Gasteiger partial charge on any atom is 0.122 e. The quantitative estimate of drug-likeness (QED) is 0.519. The highest BCUT2D eigenvalue weighted by Crippen LogP contribution is 2.36. The highest BCUT2D eigenvalue weighted by molar-refractivity contribution is 5.31. The van der Waals surface area contributed by atoms with Crippen LogP contribution in [0.25, 0.3) is 0 Å². The molecule has 0 aliphatic rings. The van der Waals surface area contributed by atoms with Gasteiger partial charge in [-0.3, -0.25) is 0 Å². The first-order valence-electron chi connectivity index (χ1n) is 7.20. The second kappa shape index (κ2) is 6.83. The van der Waals surface area contributed by atoms with Crippen molar-refractivity contribution >= 4 is 0 Å². The van der Waals surface area contributed by atoms with Crippen LogP contribution in [0.4, 0.5) is 0 Å². The topological polar surface area (TPSA) is 18.5 Å². The molecule has 0 aromatic heterocycles. The molecule has 20 heavy (non-hydrogen) atoms. The van der Waals surface area contributed by atoms with Crippen molar-refractivity contribution in [3.8, 4) is 5.75 Å². The molecule has 0 N–H and O–H groups in total. The van der Waals surface area contributed by atoms with Crippen molar-refractivity contribution in [2.45, 2.75) is 46.5 Å². The lowest BCUT2D eigenvalue weighted by Gasteiger charge is -2.33. The van der Waals surface area contributed by atoms with Gasteiger partial charge in [-0.1, -0.05) is 53.3 Å². The lowest BCUT2D eigenvalue weighted by molar-refractivity contribution is 0.179. The van der Waals surface area contributed by atoms with Gasteiger partial charge in [0.1, 0.15) is 19.0 Å². The van der Waals surface area contributed by atoms with E-state index in [1.165, 1.54) is 11.8 Å². The molecule has 112 valence electrons. The summed E-state index contributed by atoms with van der Waals surface area (Å²) < 4.78 is 10.6. The minimum atomic E-state index is 0.169. The molecular weight excluding hydrogens is 248 g/mol. The lowest BCUT2D eigenvalue weighted by Crippen LogP contribution is -2.24. The van der Waals surface area contributed by atoms with Crippen molar-refractivity contribution in [1.82, 2.24) is 0 Å². The number of hydrogen-bond donors (Lipinski definition) is 0. The van der Waals surface area contributed by atoms with Gasteiger partial charge in [-0.15, -0.1) is 0 Å². The van der Waals surface area contributed by atoms with Crippen molar-refractivity contribution in [3.63, 3.8) is 0 Å². The molecule has 0 saturated heterocycles. The molecule has 0 unspecified atom stereocenters. The number of benzene rings is 1. The van der Waals surface area contributed by atoms with Crippen LogP contribution in [-0.4, -0.2) is 13.2 Å². The van der Waals surface area contributed by atoms with Gasteiger partial charge in [-0.25, -0.2) is 0 Å². The van der Waals surface area contributed by atoms with Gasteiger partial charge < -0.3 is 9.47 Å². The van der Waals surface area contributed by atoms with Crippen LogP contribution in [0.3, 0.4) is 0 Å². The fourth-order valence-electron chi connectivity index (χ4n) is 2.72. The predicted octanol–water partition coefficient (Wildman–Crippen LogP) is 4.94. The number of rotatable bonds is 7. The third-order valence-corrected chi connectivity index (χ3v) is 3.20. The van der Waals surface area contributed by atoms with Gasteiger partial charge >= 0.3 is 0 Å². The maximum atomic E-state index is 5.60. The number of hydrogen-bond acceptors (Lipinski definition) is 2. The van der Waals surface area contributed by atoms with Crippen LogP contribution < -0.4 is 4.74 Å². The molecule has 2 heteroatoms. The molecule has 2 nitrogen and oxygen atoms in total. The van der Waals surface area contributed by atoms with E-state index in [1.807, 2.05) is 12.1 Å². The van der Waals surface area contributed by atoms with E-state index < -0.39 is 0 Å². The highest BCUT2D eigenvalue weighted by atomic mass is 16.5. The maximum absolute atomic E-state index is 5.60. The summed E-state index contributed by atoms with van der Waals surface area (Å²) in [5.41, 5.74) is 1.84. The first kappa shape index (κ1) is 16.6. The van der Waals surface area contributed by atoms with Gasteiger partial charge in [-0.05, 0) is 34.9 Å². The largest absolute Gasteiger partial charge is 0.498 e. The van der Waals surface area contributed by atoms with E-state index in [0.717, 1.165) is 12.2 Å². The standard InChI is InChI=1S/C18H28O2/c1-7-19-12-13-20-16-10-8-15(9-11-16)18(5,6)14-17(2,3)4/h7-11H,1,12-14H2,2-6H3. The highest BCUT2D eigenvalue weighted by Gasteiger charge is 2.27. The summed E-state index contributed by atoms with van der Waals surface area (Å²) in [6, 6.07) is 8.40. The zero-order chi connectivity index (χ0) is 15.2. The Balaban J connectivity index is 2.63. The van der Waals surface area contributed by atoms with E-state index >= 15 is 0 Å². The van der Waals surface area contributed by atoms with Gasteiger partial charge in [0.25, 0.3) is 0 Å². The van der Waals surface area contributed by atoms with Gasteiger partial charge in [0, 0.05) is 0 Å². The molecular formula is C18H28O2. The summed E-state index contributed by atoms with van der Waals surface area (Å²) >= 11 is 0. The van der Waals surface area contributed by atoms with Crippen molar-refractivity contribution in [2.75, 3.05) is 13.2 Å². The van der Waals surface area contributed by atoms with Gasteiger partial charge in [0.05, 0.1) is 6.26 Å². The van der Waals surface area contributed by atoms with E-state index in [2.05, 4.69) is 53.3 Å². The van der Waals surface area contributed by atoms with E-state index in [1.54, 1.807) is 0 Å². The van der Waals surface area contributed by atoms with Gasteiger partial charge in [0.15, 0.2) is 0 Å². The lowest BCUT2D eigenvalue weighted by atomic mass is 9.72. The molecule has 0 aliphatic carbocycles. The molecule has 0 spiro atoms. The minimum Gasteiger partial charge on any atom is -0.498 e. The Bertz CT molecular complexity index is 410. The van der Waals surface area contributed by atoms with Crippen LogP contribution in [0.1, 0.15) is 46.6 Å². The molecule has 0 heterocycles. The summed E-state index contributed by atoms with van der Waals surface area (Å²) in [4.78, 5) is 0. The number of ether oxygens (including phenoxy) is 2. The first-order chi connectivity index (χ1) is 9.24. The Morgan fingerprint density at radius 3 is 2.10 bits per heavy atom. The van der Waals surface area contributed by atoms with Gasteiger partial charge in [0.2, 0.25) is 0 Å². The van der Waals surface area contributed by atoms with Gasteiger partial charge in [-0.2, -0.15) is 0 Å². The van der Waals surface area contributed by atoms with E-state index in [0.29, 0.717) is 18.6 Å². The molecule has 1 aromatic carbocycles. The smallest absolute Gasteiger partial charge is 0.122 e. The molecule has 0 bridgehead atoms. The zero-order valence-electron chi connectivity index (χ0n) is 13.5. The fourth-order valence-corrected chi connectivity index (χ4v) is 2.72. The third-order valence-electron chi connectivity index (χ3n) is 3.20. The SMILES string of the molecule is C=COCCOc1ccc(C(C)(C)CC(C)(C)C)cc1. The van der Waals surface area contributed by atoms with Crippen LogP contribution in [0.5, 0.6) is 5.75 Å². The molecule has 0 saturated carbocycles. The molecule has 0 aliphatic heterocycles. The Labute approximate surface area is 123 Å². The Morgan fingerprint density at radius 1 is 1.00 bits per heavy atom. The molecule has 0 atom stereocenters. The summed E-state index contributed by atoms with van der Waals surface area (Å²) in [5, 5.41) is 0. The minimum absolute atomic E-state index is 0.169. The first-order valence-corrected chi connectivity index (χ1v) is 7.20.